The Morgan fingerprint density at radius 2 is 1.58 bits per heavy atom. The van der Waals surface area contributed by atoms with Crippen LogP contribution in [0, 0.1) is 11.8 Å². The third kappa shape index (κ3) is 8.94. The van der Waals surface area contributed by atoms with E-state index in [4.69, 9.17) is 10.3 Å². The van der Waals surface area contributed by atoms with Gasteiger partial charge in [0.05, 0.1) is 6.61 Å². The van der Waals surface area contributed by atoms with Gasteiger partial charge in [-0.15, -0.1) is 0 Å². The van der Waals surface area contributed by atoms with Crippen LogP contribution >= 0.6 is 0 Å². The molecule has 0 bridgehead atoms. The minimum atomic E-state index is -1.02. The van der Waals surface area contributed by atoms with Crippen molar-refractivity contribution in [3.05, 3.63) is 48.0 Å². The number of rotatable bonds is 13. The molecule has 2 aromatic carbocycles. The molecule has 10 heteroatoms. The van der Waals surface area contributed by atoms with Crippen LogP contribution in [-0.2, 0) is 25.6 Å². The van der Waals surface area contributed by atoms with E-state index in [9.17, 15) is 19.2 Å². The second kappa shape index (κ2) is 14.2. The molecule has 0 heterocycles. The monoisotopic (exact) mass is 500 g/mol. The van der Waals surface area contributed by atoms with Crippen molar-refractivity contribution < 1.29 is 29.5 Å². The highest BCUT2D eigenvalue weighted by Gasteiger charge is 2.29. The summed E-state index contributed by atoms with van der Waals surface area (Å²) in [6.07, 6.45) is 0.308. The standard InChI is InChI=1S/C26H36N4O6/c1-16(2)12-21(15-23(32)30-36)25(34)29-22(26(35)28-17(3)24(33)27-10-11-31)14-18-8-9-19-6-4-5-7-20(19)13-18/h4-9,13,16-17,21-22,31,36H,10-12,14-15H2,1-3H3,(H,27,33)(H,28,35)(H,29,34)(H,30,32)/t17-,21?,22-/m0/s1. The summed E-state index contributed by atoms with van der Waals surface area (Å²) < 4.78 is 0. The Labute approximate surface area is 210 Å². The van der Waals surface area contributed by atoms with Gasteiger partial charge in [0.25, 0.3) is 0 Å². The minimum absolute atomic E-state index is 0.0557. The highest BCUT2D eigenvalue weighted by atomic mass is 16.5. The van der Waals surface area contributed by atoms with Gasteiger partial charge in [-0.1, -0.05) is 56.3 Å². The molecule has 0 spiro atoms. The number of nitrogens with one attached hydrogen (secondary N) is 4. The van der Waals surface area contributed by atoms with E-state index in [1.807, 2.05) is 56.3 Å². The van der Waals surface area contributed by atoms with E-state index < -0.39 is 41.6 Å². The molecule has 3 atom stereocenters. The van der Waals surface area contributed by atoms with Crippen LogP contribution in [0.4, 0.5) is 0 Å². The van der Waals surface area contributed by atoms with E-state index in [1.165, 1.54) is 6.92 Å². The van der Waals surface area contributed by atoms with Crippen molar-refractivity contribution in [1.29, 1.82) is 0 Å². The number of aliphatic hydroxyl groups excluding tert-OH is 1. The smallest absolute Gasteiger partial charge is 0.244 e. The Bertz CT molecular complexity index is 1060. The number of benzene rings is 2. The molecule has 0 fully saturated rings. The van der Waals surface area contributed by atoms with E-state index in [2.05, 4.69) is 16.0 Å². The van der Waals surface area contributed by atoms with Crippen molar-refractivity contribution in [2.24, 2.45) is 11.8 Å². The predicted molar refractivity (Wildman–Crippen MR) is 135 cm³/mol. The summed E-state index contributed by atoms with van der Waals surface area (Å²) in [5.74, 6) is -2.88. The number of hydrogen-bond donors (Lipinski definition) is 6. The molecular weight excluding hydrogens is 464 g/mol. The third-order valence-electron chi connectivity index (χ3n) is 5.73. The molecule has 6 N–H and O–H groups in total. The van der Waals surface area contributed by atoms with Gasteiger partial charge in [-0.2, -0.15) is 0 Å². The lowest BCUT2D eigenvalue weighted by molar-refractivity contribution is -0.137. The van der Waals surface area contributed by atoms with Crippen LogP contribution in [-0.4, -0.2) is 59.2 Å². The molecule has 10 nitrogen and oxygen atoms in total. The van der Waals surface area contributed by atoms with E-state index in [-0.39, 0.29) is 31.9 Å². The third-order valence-corrected chi connectivity index (χ3v) is 5.73. The lowest BCUT2D eigenvalue weighted by Crippen LogP contribution is -2.54. The zero-order valence-corrected chi connectivity index (χ0v) is 20.9. The first-order chi connectivity index (χ1) is 17.1. The van der Waals surface area contributed by atoms with Gasteiger partial charge in [0.1, 0.15) is 12.1 Å². The number of amides is 4. The number of fused-ring (bicyclic) bond motifs is 1. The topological polar surface area (TPSA) is 157 Å². The van der Waals surface area contributed by atoms with Gasteiger partial charge in [-0.05, 0) is 35.6 Å². The Morgan fingerprint density at radius 1 is 0.889 bits per heavy atom. The van der Waals surface area contributed by atoms with Gasteiger partial charge < -0.3 is 21.1 Å². The molecule has 0 aliphatic rings. The lowest BCUT2D eigenvalue weighted by atomic mass is 9.92. The Balaban J connectivity index is 2.26. The lowest BCUT2D eigenvalue weighted by Gasteiger charge is -2.24. The van der Waals surface area contributed by atoms with Crippen molar-refractivity contribution in [3.63, 3.8) is 0 Å². The van der Waals surface area contributed by atoms with Gasteiger partial charge in [-0.25, -0.2) is 5.48 Å². The van der Waals surface area contributed by atoms with Crippen LogP contribution < -0.4 is 21.4 Å². The average molecular weight is 501 g/mol. The molecule has 0 saturated heterocycles. The Hall–Kier alpha value is -3.50. The van der Waals surface area contributed by atoms with E-state index in [1.54, 1.807) is 5.48 Å². The quantitative estimate of drug-likeness (QED) is 0.178. The summed E-state index contributed by atoms with van der Waals surface area (Å²) in [5.41, 5.74) is 2.36. The molecule has 2 rings (SSSR count). The van der Waals surface area contributed by atoms with Crippen molar-refractivity contribution in [2.75, 3.05) is 13.2 Å². The zero-order chi connectivity index (χ0) is 26.7. The first-order valence-corrected chi connectivity index (χ1v) is 12.0. The van der Waals surface area contributed by atoms with Gasteiger partial charge in [0.2, 0.25) is 23.6 Å². The average Bonchev–Trinajstić information content (AvgIpc) is 2.85. The Morgan fingerprint density at radius 3 is 2.22 bits per heavy atom. The summed E-state index contributed by atoms with van der Waals surface area (Å²) in [7, 11) is 0. The summed E-state index contributed by atoms with van der Waals surface area (Å²) in [6, 6.07) is 11.6. The highest BCUT2D eigenvalue weighted by Crippen LogP contribution is 2.19. The SMILES string of the molecule is CC(C)CC(CC(=O)NO)C(=O)N[C@@H](Cc1ccc2ccccc2c1)C(=O)N[C@@H](C)C(=O)NCCO. The highest BCUT2D eigenvalue weighted by molar-refractivity contribution is 5.93. The minimum Gasteiger partial charge on any atom is -0.395 e. The molecule has 36 heavy (non-hydrogen) atoms. The second-order valence-electron chi connectivity index (χ2n) is 9.26. The number of hydrogen-bond acceptors (Lipinski definition) is 6. The first kappa shape index (κ1) is 28.7. The number of hydroxylamine groups is 1. The Kier molecular flexibility index (Phi) is 11.3. The van der Waals surface area contributed by atoms with Crippen LogP contribution in [0.15, 0.2) is 42.5 Å². The van der Waals surface area contributed by atoms with Crippen molar-refractivity contribution in [3.8, 4) is 0 Å². The molecule has 1 unspecified atom stereocenters. The van der Waals surface area contributed by atoms with Crippen LogP contribution in [0.25, 0.3) is 10.8 Å². The van der Waals surface area contributed by atoms with Crippen LogP contribution in [0.3, 0.4) is 0 Å². The maximum Gasteiger partial charge on any atom is 0.244 e. The maximum atomic E-state index is 13.2. The van der Waals surface area contributed by atoms with Gasteiger partial charge in [0.15, 0.2) is 0 Å². The summed E-state index contributed by atoms with van der Waals surface area (Å²) in [6.45, 7) is 5.14. The molecule has 0 aromatic heterocycles. The molecular formula is C26H36N4O6. The second-order valence-corrected chi connectivity index (χ2v) is 9.26. The number of carbonyl (C=O) groups excluding carboxylic acids is 4. The maximum absolute atomic E-state index is 13.2. The molecule has 4 amide bonds. The predicted octanol–water partition coefficient (Wildman–Crippen LogP) is 1.04. The molecule has 2 aromatic rings. The number of aliphatic hydroxyl groups is 1. The van der Waals surface area contributed by atoms with Gasteiger partial charge in [0, 0.05) is 25.3 Å². The largest absolute Gasteiger partial charge is 0.395 e. The fourth-order valence-electron chi connectivity index (χ4n) is 3.93. The fourth-order valence-corrected chi connectivity index (χ4v) is 3.93. The van der Waals surface area contributed by atoms with Crippen LogP contribution in [0.1, 0.15) is 39.2 Å². The summed E-state index contributed by atoms with van der Waals surface area (Å²) in [5, 5.41) is 27.7. The molecule has 0 radical (unpaired) electrons. The van der Waals surface area contributed by atoms with Crippen molar-refractivity contribution >= 4 is 34.4 Å². The first-order valence-electron chi connectivity index (χ1n) is 12.0. The molecule has 196 valence electrons. The van der Waals surface area contributed by atoms with Gasteiger partial charge >= 0.3 is 0 Å². The normalized spacial score (nSPS) is 13.5. The van der Waals surface area contributed by atoms with Crippen LogP contribution in [0.5, 0.6) is 0 Å². The van der Waals surface area contributed by atoms with Crippen LogP contribution in [0.2, 0.25) is 0 Å². The van der Waals surface area contributed by atoms with E-state index >= 15 is 0 Å². The molecule has 0 saturated carbocycles. The zero-order valence-electron chi connectivity index (χ0n) is 20.9. The van der Waals surface area contributed by atoms with E-state index in [0.29, 0.717) is 6.42 Å². The molecule has 0 aliphatic heterocycles. The summed E-state index contributed by atoms with van der Waals surface area (Å²) in [4.78, 5) is 50.3. The fraction of sp³-hybridized carbons (Fsp3) is 0.462. The van der Waals surface area contributed by atoms with E-state index in [0.717, 1.165) is 16.3 Å². The summed E-state index contributed by atoms with van der Waals surface area (Å²) >= 11 is 0. The van der Waals surface area contributed by atoms with Crippen molar-refractivity contribution in [2.45, 2.75) is 52.1 Å². The van der Waals surface area contributed by atoms with Crippen molar-refractivity contribution in [1.82, 2.24) is 21.4 Å². The number of carbonyl (C=O) groups is 4. The van der Waals surface area contributed by atoms with Gasteiger partial charge in [-0.3, -0.25) is 24.4 Å². The molecule has 0 aliphatic carbocycles.